The van der Waals surface area contributed by atoms with Crippen LogP contribution in [0, 0.1) is 0 Å². The van der Waals surface area contributed by atoms with Gasteiger partial charge in [-0.25, -0.2) is 0 Å². The van der Waals surface area contributed by atoms with Crippen LogP contribution in [0.2, 0.25) is 0 Å². The first-order valence-corrected chi connectivity index (χ1v) is 8.22. The number of hydrogen-bond donors (Lipinski definition) is 2. The maximum atomic E-state index is 8.74. The van der Waals surface area contributed by atoms with Gasteiger partial charge in [0.2, 0.25) is 0 Å². The van der Waals surface area contributed by atoms with Crippen LogP contribution in [0.25, 0.3) is 10.8 Å². The van der Waals surface area contributed by atoms with Gasteiger partial charge in [-0.15, -0.1) is 0 Å². The normalized spacial score (nSPS) is 11.6. The molecule has 2 N–H and O–H groups in total. The van der Waals surface area contributed by atoms with Crippen molar-refractivity contribution in [1.29, 1.82) is 0 Å². The summed E-state index contributed by atoms with van der Waals surface area (Å²) in [6.45, 7) is 9.12. The number of benzene rings is 2. The Morgan fingerprint density at radius 1 is 0.857 bits per heavy atom. The molecule has 4 nitrogen and oxygen atoms in total. The number of hydrogen-bond acceptors (Lipinski definition) is 2. The minimum Gasteiger partial charge on any atom is -0.264 e. The lowest BCUT2D eigenvalue weighted by Gasteiger charge is -2.18. The number of rotatable bonds is 2. The van der Waals surface area contributed by atoms with Gasteiger partial charge in [-0.3, -0.25) is 9.11 Å². The average molecular weight is 310 g/mol. The van der Waals surface area contributed by atoms with Crippen molar-refractivity contribution in [1.82, 2.24) is 0 Å². The van der Waals surface area contributed by atoms with Gasteiger partial charge in [-0.05, 0) is 33.7 Å². The highest BCUT2D eigenvalue weighted by Gasteiger charge is 2.12. The topological polar surface area (TPSA) is 74.6 Å². The maximum absolute atomic E-state index is 8.74. The van der Waals surface area contributed by atoms with E-state index in [0.717, 1.165) is 0 Å². The molecule has 0 amide bonds. The van der Waals surface area contributed by atoms with Crippen LogP contribution >= 0.6 is 0 Å². The third-order valence-corrected chi connectivity index (χ3v) is 3.20. The summed E-state index contributed by atoms with van der Waals surface area (Å²) < 4.78 is 31.6. The molecule has 0 heterocycles. The molecule has 2 aromatic rings. The highest BCUT2D eigenvalue weighted by Crippen LogP contribution is 2.32. The molecule has 5 heteroatoms. The maximum Gasteiger partial charge on any atom is 0.394 e. The van der Waals surface area contributed by atoms with E-state index in [1.807, 2.05) is 0 Å². The van der Waals surface area contributed by atoms with Crippen molar-refractivity contribution in [2.45, 2.75) is 39.5 Å². The van der Waals surface area contributed by atoms with Crippen molar-refractivity contribution in [3.8, 4) is 0 Å². The molecule has 0 aliphatic heterocycles. The monoisotopic (exact) mass is 310 g/mol. The van der Waals surface area contributed by atoms with Gasteiger partial charge in [0.15, 0.2) is 0 Å². The molecule has 2 rings (SSSR count). The molecule has 0 atom stereocenters. The second-order valence-corrected chi connectivity index (χ2v) is 6.44. The summed E-state index contributed by atoms with van der Waals surface area (Å²) in [4.78, 5) is 0. The Kier molecular flexibility index (Phi) is 5.89. The first-order valence-electron chi connectivity index (χ1n) is 6.82. The van der Waals surface area contributed by atoms with Crippen LogP contribution in [0.3, 0.4) is 0 Å². The predicted octanol–water partition coefficient (Wildman–Crippen LogP) is 4.43. The van der Waals surface area contributed by atoms with E-state index in [1.54, 1.807) is 0 Å². The highest BCUT2D eigenvalue weighted by molar-refractivity contribution is 7.79. The molecular weight excluding hydrogens is 288 g/mol. The van der Waals surface area contributed by atoms with Gasteiger partial charge in [0.05, 0.1) is 0 Å². The molecule has 0 aliphatic rings. The summed E-state index contributed by atoms with van der Waals surface area (Å²) in [6, 6.07) is 13.2. The van der Waals surface area contributed by atoms with E-state index in [-0.39, 0.29) is 0 Å². The lowest BCUT2D eigenvalue weighted by molar-refractivity contribution is 0.381. The van der Waals surface area contributed by atoms with Crippen molar-refractivity contribution in [3.05, 3.63) is 47.5 Å². The molecule has 2 aromatic carbocycles. The van der Waals surface area contributed by atoms with Crippen LogP contribution in [-0.2, 0) is 10.4 Å². The van der Waals surface area contributed by atoms with E-state index in [1.165, 1.54) is 21.9 Å². The zero-order chi connectivity index (χ0) is 16.2. The summed E-state index contributed by atoms with van der Waals surface area (Å²) in [7, 11) is -4.67. The Morgan fingerprint density at radius 3 is 1.86 bits per heavy atom. The number of fused-ring (bicyclic) bond motifs is 1. The zero-order valence-electron chi connectivity index (χ0n) is 12.7. The van der Waals surface area contributed by atoms with Crippen molar-refractivity contribution in [3.63, 3.8) is 0 Å². The fourth-order valence-corrected chi connectivity index (χ4v) is 2.46. The fraction of sp³-hybridized carbons (Fsp3) is 0.375. The van der Waals surface area contributed by atoms with Gasteiger partial charge in [0.1, 0.15) is 0 Å². The Morgan fingerprint density at radius 2 is 1.38 bits per heavy atom. The van der Waals surface area contributed by atoms with E-state index < -0.39 is 10.4 Å². The van der Waals surface area contributed by atoms with Crippen LogP contribution in [-0.4, -0.2) is 17.5 Å². The van der Waals surface area contributed by atoms with E-state index in [4.69, 9.17) is 17.5 Å². The van der Waals surface area contributed by atoms with Crippen molar-refractivity contribution < 1.29 is 17.5 Å². The standard InChI is InChI=1S/C16H20.H2O4S/c1-11(2)14-10-9-13-7-5-6-8-15(13)16(14)12(3)4;1-5(2,3)4/h5-12H,1-4H3;(H2,1,2,3,4). The lowest BCUT2D eigenvalue weighted by Crippen LogP contribution is -1.99. The third-order valence-electron chi connectivity index (χ3n) is 3.20. The van der Waals surface area contributed by atoms with Gasteiger partial charge in [-0.2, -0.15) is 8.42 Å². The summed E-state index contributed by atoms with van der Waals surface area (Å²) in [6.07, 6.45) is 0. The predicted molar refractivity (Wildman–Crippen MR) is 86.3 cm³/mol. The van der Waals surface area contributed by atoms with Crippen molar-refractivity contribution in [2.75, 3.05) is 0 Å². The summed E-state index contributed by atoms with van der Waals surface area (Å²) in [5.74, 6) is 1.19. The second-order valence-electron chi connectivity index (χ2n) is 5.55. The van der Waals surface area contributed by atoms with E-state index in [0.29, 0.717) is 11.8 Å². The molecule has 0 saturated heterocycles. The molecule has 116 valence electrons. The third kappa shape index (κ3) is 5.46. The molecule has 0 unspecified atom stereocenters. The van der Waals surface area contributed by atoms with Gasteiger partial charge >= 0.3 is 10.4 Å². The van der Waals surface area contributed by atoms with Crippen LogP contribution in [0.15, 0.2) is 36.4 Å². The highest BCUT2D eigenvalue weighted by atomic mass is 32.3. The Bertz CT molecular complexity index is 695. The largest absolute Gasteiger partial charge is 0.394 e. The molecule has 0 radical (unpaired) electrons. The van der Waals surface area contributed by atoms with Gasteiger partial charge < -0.3 is 0 Å². The fourth-order valence-electron chi connectivity index (χ4n) is 2.46. The van der Waals surface area contributed by atoms with E-state index >= 15 is 0 Å². The SMILES string of the molecule is CC(C)c1ccc2ccccc2c1C(C)C.O=S(=O)(O)O. The van der Waals surface area contributed by atoms with Crippen LogP contribution < -0.4 is 0 Å². The summed E-state index contributed by atoms with van der Waals surface area (Å²) >= 11 is 0. The molecule has 0 aliphatic carbocycles. The second kappa shape index (κ2) is 7.02. The van der Waals surface area contributed by atoms with Crippen LogP contribution in [0.4, 0.5) is 0 Å². The van der Waals surface area contributed by atoms with E-state index in [2.05, 4.69) is 64.1 Å². The molecule has 0 spiro atoms. The van der Waals surface area contributed by atoms with E-state index in [9.17, 15) is 0 Å². The van der Waals surface area contributed by atoms with Gasteiger partial charge in [0.25, 0.3) is 0 Å². The summed E-state index contributed by atoms with van der Waals surface area (Å²) in [5.41, 5.74) is 3.02. The Balaban J connectivity index is 0.000000383. The first kappa shape index (κ1) is 17.6. The molecule has 21 heavy (non-hydrogen) atoms. The quantitative estimate of drug-likeness (QED) is 0.804. The Labute approximate surface area is 126 Å². The van der Waals surface area contributed by atoms with Gasteiger partial charge in [-0.1, -0.05) is 64.1 Å². The minimum atomic E-state index is -4.67. The van der Waals surface area contributed by atoms with Crippen LogP contribution in [0.5, 0.6) is 0 Å². The molecule has 0 aromatic heterocycles. The first-order chi connectivity index (χ1) is 9.61. The smallest absolute Gasteiger partial charge is 0.264 e. The molecular formula is C16H22O4S. The molecule has 0 fully saturated rings. The lowest BCUT2D eigenvalue weighted by atomic mass is 9.86. The average Bonchev–Trinajstić information content (AvgIpc) is 2.34. The van der Waals surface area contributed by atoms with Crippen molar-refractivity contribution in [2.24, 2.45) is 0 Å². The van der Waals surface area contributed by atoms with Crippen LogP contribution in [0.1, 0.15) is 50.7 Å². The Hall–Kier alpha value is -1.43. The van der Waals surface area contributed by atoms with Crippen molar-refractivity contribution >= 4 is 21.2 Å². The minimum absolute atomic E-state index is 0.587. The summed E-state index contributed by atoms with van der Waals surface area (Å²) in [5, 5.41) is 2.78. The zero-order valence-corrected chi connectivity index (χ0v) is 13.6. The molecule has 0 saturated carbocycles. The van der Waals surface area contributed by atoms with Gasteiger partial charge in [0, 0.05) is 0 Å². The molecule has 0 bridgehead atoms.